The van der Waals surface area contributed by atoms with E-state index in [1.54, 1.807) is 7.11 Å². The van der Waals surface area contributed by atoms with Crippen LogP contribution in [0.2, 0.25) is 0 Å². The van der Waals surface area contributed by atoms with E-state index in [-0.39, 0.29) is 12.3 Å². The van der Waals surface area contributed by atoms with Crippen LogP contribution in [0.5, 0.6) is 0 Å². The van der Waals surface area contributed by atoms with Gasteiger partial charge in [-0.05, 0) is 38.0 Å². The summed E-state index contributed by atoms with van der Waals surface area (Å²) in [6.45, 7) is 0.563. The van der Waals surface area contributed by atoms with Crippen molar-refractivity contribution in [1.82, 2.24) is 15.5 Å². The summed E-state index contributed by atoms with van der Waals surface area (Å²) in [6, 6.07) is 0.452. The molecule has 2 N–H and O–H groups in total. The highest BCUT2D eigenvalue weighted by Crippen LogP contribution is 2.31. The van der Waals surface area contributed by atoms with Gasteiger partial charge in [0.1, 0.15) is 0 Å². The van der Waals surface area contributed by atoms with Crippen LogP contribution in [-0.4, -0.2) is 40.5 Å². The minimum absolute atomic E-state index is 0.0563. The lowest BCUT2D eigenvalue weighted by atomic mass is 9.84. The monoisotopic (exact) mass is 407 g/mol. The van der Waals surface area contributed by atoms with Crippen molar-refractivity contribution in [3.05, 3.63) is 11.7 Å². The second-order valence-electron chi connectivity index (χ2n) is 8.87. The van der Waals surface area contributed by atoms with Crippen molar-refractivity contribution >= 4 is 5.97 Å². The molecule has 0 radical (unpaired) electrons. The zero-order valence-electron chi connectivity index (χ0n) is 17.8. The van der Waals surface area contributed by atoms with E-state index in [0.717, 1.165) is 44.4 Å². The molecule has 0 aromatic carbocycles. The van der Waals surface area contributed by atoms with Crippen molar-refractivity contribution in [3.8, 4) is 0 Å². The Morgan fingerprint density at radius 1 is 1.21 bits per heavy atom. The number of carboxylic acids is 1. The van der Waals surface area contributed by atoms with Crippen LogP contribution < -0.4 is 5.32 Å². The van der Waals surface area contributed by atoms with Crippen LogP contribution >= 0.6 is 0 Å². The Kier molecular flexibility index (Phi) is 8.92. The number of carbonyl (C=O) groups is 1. The quantitative estimate of drug-likeness (QED) is 0.560. The number of aromatic nitrogens is 2. The first-order valence-electron chi connectivity index (χ1n) is 11.4. The number of hydrogen-bond acceptors (Lipinski definition) is 6. The van der Waals surface area contributed by atoms with Crippen LogP contribution in [0.4, 0.5) is 0 Å². The van der Waals surface area contributed by atoms with Crippen molar-refractivity contribution in [1.29, 1.82) is 0 Å². The van der Waals surface area contributed by atoms with E-state index in [1.807, 2.05) is 0 Å². The Morgan fingerprint density at radius 3 is 2.66 bits per heavy atom. The largest absolute Gasteiger partial charge is 0.481 e. The molecule has 29 heavy (non-hydrogen) atoms. The third-order valence-electron chi connectivity index (χ3n) is 6.70. The van der Waals surface area contributed by atoms with Gasteiger partial charge in [-0.15, -0.1) is 0 Å². The predicted octanol–water partition coefficient (Wildman–Crippen LogP) is 4.43. The molecule has 2 aliphatic carbocycles. The molecule has 7 heteroatoms. The Balaban J connectivity index is 1.45. The third-order valence-corrected chi connectivity index (χ3v) is 6.70. The Labute approximate surface area is 174 Å². The molecule has 3 rings (SSSR count). The molecule has 2 saturated carbocycles. The van der Waals surface area contributed by atoms with Gasteiger partial charge in [-0.2, -0.15) is 4.98 Å². The van der Waals surface area contributed by atoms with E-state index < -0.39 is 5.97 Å². The zero-order chi connectivity index (χ0) is 20.5. The van der Waals surface area contributed by atoms with Crippen molar-refractivity contribution < 1.29 is 19.2 Å². The number of methoxy groups -OCH3 is 1. The minimum Gasteiger partial charge on any atom is -0.481 e. The molecule has 0 amide bonds. The maximum Gasteiger partial charge on any atom is 0.304 e. The van der Waals surface area contributed by atoms with Gasteiger partial charge >= 0.3 is 5.97 Å². The van der Waals surface area contributed by atoms with E-state index in [1.165, 1.54) is 38.5 Å². The van der Waals surface area contributed by atoms with Crippen LogP contribution in [0.3, 0.4) is 0 Å². The van der Waals surface area contributed by atoms with Gasteiger partial charge in [0.15, 0.2) is 5.82 Å². The molecule has 7 nitrogen and oxygen atoms in total. The standard InChI is InChI=1S/C22H37N3O4/c1-28-19-12-10-18(11-13-19)23-15-20-24-22(29-25-20)17(14-21(26)27)9-5-8-16-6-3-2-4-7-16/h16-19,23H,2-15H2,1H3,(H,26,27). The van der Waals surface area contributed by atoms with E-state index in [4.69, 9.17) is 9.26 Å². The van der Waals surface area contributed by atoms with Crippen LogP contribution in [0.15, 0.2) is 4.52 Å². The zero-order valence-corrected chi connectivity index (χ0v) is 17.8. The number of rotatable bonds is 11. The molecule has 0 saturated heterocycles. The average molecular weight is 408 g/mol. The summed E-state index contributed by atoms with van der Waals surface area (Å²) in [5.41, 5.74) is 0. The van der Waals surface area contributed by atoms with Gasteiger partial charge in [-0.3, -0.25) is 4.79 Å². The van der Waals surface area contributed by atoms with Gasteiger partial charge in [0.05, 0.1) is 19.1 Å². The fourth-order valence-electron chi connectivity index (χ4n) is 4.90. The molecule has 0 spiro atoms. The Bertz CT molecular complexity index is 607. The molecule has 1 aromatic heterocycles. The molecule has 0 bridgehead atoms. The second kappa shape index (κ2) is 11.6. The molecule has 2 fully saturated rings. The van der Waals surface area contributed by atoms with E-state index >= 15 is 0 Å². The van der Waals surface area contributed by atoms with Crippen molar-refractivity contribution in [2.45, 2.75) is 108 Å². The van der Waals surface area contributed by atoms with E-state index in [2.05, 4.69) is 15.5 Å². The lowest BCUT2D eigenvalue weighted by molar-refractivity contribution is -0.137. The maximum atomic E-state index is 11.3. The summed E-state index contributed by atoms with van der Waals surface area (Å²) in [5.74, 6) is 0.923. The van der Waals surface area contributed by atoms with Gasteiger partial charge in [0.25, 0.3) is 0 Å². The SMILES string of the molecule is COC1CCC(NCc2noc(C(CCCC3CCCCC3)CC(=O)O)n2)CC1. The van der Waals surface area contributed by atoms with Crippen LogP contribution in [-0.2, 0) is 16.1 Å². The maximum absolute atomic E-state index is 11.3. The Morgan fingerprint density at radius 2 is 1.97 bits per heavy atom. The second-order valence-corrected chi connectivity index (χ2v) is 8.87. The van der Waals surface area contributed by atoms with Crippen molar-refractivity contribution in [3.63, 3.8) is 0 Å². The van der Waals surface area contributed by atoms with Crippen molar-refractivity contribution in [2.75, 3.05) is 7.11 Å². The van der Waals surface area contributed by atoms with Gasteiger partial charge in [-0.25, -0.2) is 0 Å². The number of ether oxygens (including phenoxy) is 1. The summed E-state index contributed by atoms with van der Waals surface area (Å²) < 4.78 is 10.9. The van der Waals surface area contributed by atoms with E-state index in [0.29, 0.717) is 30.4 Å². The summed E-state index contributed by atoms with van der Waals surface area (Å²) in [5, 5.41) is 16.9. The smallest absolute Gasteiger partial charge is 0.304 e. The fraction of sp³-hybridized carbons (Fsp3) is 0.864. The van der Waals surface area contributed by atoms with Crippen LogP contribution in [0.1, 0.15) is 101 Å². The molecule has 164 valence electrons. The molecule has 0 aliphatic heterocycles. The summed E-state index contributed by atoms with van der Waals surface area (Å²) in [6.07, 6.45) is 14.5. The van der Waals surface area contributed by atoms with Crippen LogP contribution in [0.25, 0.3) is 0 Å². The Hall–Kier alpha value is -1.47. The molecular weight excluding hydrogens is 370 g/mol. The molecule has 1 aromatic rings. The number of aliphatic carboxylic acids is 1. The lowest BCUT2D eigenvalue weighted by Gasteiger charge is -2.27. The van der Waals surface area contributed by atoms with Crippen molar-refractivity contribution in [2.24, 2.45) is 5.92 Å². The summed E-state index contributed by atoms with van der Waals surface area (Å²) in [7, 11) is 1.78. The average Bonchev–Trinajstić information content (AvgIpc) is 3.21. The fourth-order valence-corrected chi connectivity index (χ4v) is 4.90. The highest BCUT2D eigenvalue weighted by molar-refractivity contribution is 5.67. The number of hydrogen-bond donors (Lipinski definition) is 2. The molecule has 1 atom stereocenters. The summed E-state index contributed by atoms with van der Waals surface area (Å²) >= 11 is 0. The highest BCUT2D eigenvalue weighted by Gasteiger charge is 2.24. The predicted molar refractivity (Wildman–Crippen MR) is 110 cm³/mol. The first-order chi connectivity index (χ1) is 14.1. The van der Waals surface area contributed by atoms with Crippen LogP contribution in [0, 0.1) is 5.92 Å². The number of nitrogens with one attached hydrogen (secondary N) is 1. The number of nitrogens with zero attached hydrogens (tertiary/aromatic N) is 2. The first-order valence-corrected chi connectivity index (χ1v) is 11.4. The molecular formula is C22H37N3O4. The van der Waals surface area contributed by atoms with Gasteiger partial charge < -0.3 is 19.7 Å². The highest BCUT2D eigenvalue weighted by atomic mass is 16.5. The van der Waals surface area contributed by atoms with Gasteiger partial charge in [0.2, 0.25) is 5.89 Å². The molecule has 1 heterocycles. The van der Waals surface area contributed by atoms with Gasteiger partial charge in [-0.1, -0.05) is 50.1 Å². The normalized spacial score (nSPS) is 24.4. The molecule has 1 unspecified atom stereocenters. The summed E-state index contributed by atoms with van der Waals surface area (Å²) in [4.78, 5) is 15.8. The third kappa shape index (κ3) is 7.37. The van der Waals surface area contributed by atoms with Gasteiger partial charge in [0, 0.05) is 19.1 Å². The lowest BCUT2D eigenvalue weighted by Crippen LogP contribution is -2.34. The molecule has 2 aliphatic rings. The first kappa shape index (κ1) is 22.2. The topological polar surface area (TPSA) is 97.5 Å². The minimum atomic E-state index is -0.805. The van der Waals surface area contributed by atoms with E-state index in [9.17, 15) is 9.90 Å². The number of carboxylic acid groups (broad SMARTS) is 1.